The molecule has 0 saturated heterocycles. The SMILES string of the molecule is Cc1c(N)nc(C2CC2)nc1NC(C)Cc1ccccc1. The quantitative estimate of drug-likeness (QED) is 0.883. The molecule has 21 heavy (non-hydrogen) atoms. The zero-order valence-corrected chi connectivity index (χ0v) is 12.6. The van der Waals surface area contributed by atoms with Gasteiger partial charge in [-0.2, -0.15) is 0 Å². The molecule has 1 aliphatic carbocycles. The number of nitrogens with two attached hydrogens (primary N) is 1. The molecule has 3 rings (SSSR count). The van der Waals surface area contributed by atoms with E-state index in [0.717, 1.165) is 23.6 Å². The van der Waals surface area contributed by atoms with Crippen molar-refractivity contribution in [3.8, 4) is 0 Å². The summed E-state index contributed by atoms with van der Waals surface area (Å²) in [5.74, 6) is 2.89. The van der Waals surface area contributed by atoms with Crippen molar-refractivity contribution >= 4 is 11.6 Å². The highest BCUT2D eigenvalue weighted by Crippen LogP contribution is 2.39. The molecule has 1 aromatic heterocycles. The molecular weight excluding hydrogens is 260 g/mol. The zero-order chi connectivity index (χ0) is 14.8. The Bertz CT molecular complexity index is 620. The number of hydrogen-bond donors (Lipinski definition) is 2. The first-order valence-electron chi connectivity index (χ1n) is 7.58. The summed E-state index contributed by atoms with van der Waals surface area (Å²) in [6.45, 7) is 4.14. The number of hydrogen-bond acceptors (Lipinski definition) is 4. The van der Waals surface area contributed by atoms with Crippen LogP contribution < -0.4 is 11.1 Å². The minimum Gasteiger partial charge on any atom is -0.383 e. The lowest BCUT2D eigenvalue weighted by Gasteiger charge is -2.17. The van der Waals surface area contributed by atoms with Crippen LogP contribution in [0.1, 0.15) is 42.6 Å². The van der Waals surface area contributed by atoms with E-state index in [1.807, 2.05) is 13.0 Å². The first-order valence-corrected chi connectivity index (χ1v) is 7.58. The number of nitrogens with one attached hydrogen (secondary N) is 1. The standard InChI is InChI=1S/C17H22N4/c1-11(10-13-6-4-3-5-7-13)19-16-12(2)15(18)20-17(21-16)14-8-9-14/h3-7,11,14H,8-10H2,1-2H3,(H3,18,19,20,21). The lowest BCUT2D eigenvalue weighted by Crippen LogP contribution is -2.20. The minimum atomic E-state index is 0.299. The molecule has 0 bridgehead atoms. The van der Waals surface area contributed by atoms with E-state index in [9.17, 15) is 0 Å². The van der Waals surface area contributed by atoms with E-state index in [1.165, 1.54) is 18.4 Å². The first-order chi connectivity index (χ1) is 10.1. The van der Waals surface area contributed by atoms with Crippen molar-refractivity contribution < 1.29 is 0 Å². The van der Waals surface area contributed by atoms with Crippen molar-refractivity contribution in [2.75, 3.05) is 11.1 Å². The summed E-state index contributed by atoms with van der Waals surface area (Å²) in [7, 11) is 0. The molecule has 1 heterocycles. The van der Waals surface area contributed by atoms with Gasteiger partial charge >= 0.3 is 0 Å². The molecule has 4 nitrogen and oxygen atoms in total. The number of nitrogens with zero attached hydrogens (tertiary/aromatic N) is 2. The van der Waals surface area contributed by atoms with Crippen LogP contribution >= 0.6 is 0 Å². The highest BCUT2D eigenvalue weighted by atomic mass is 15.1. The molecule has 3 N–H and O–H groups in total. The van der Waals surface area contributed by atoms with Crippen LogP contribution in [0.3, 0.4) is 0 Å². The van der Waals surface area contributed by atoms with Crippen molar-refractivity contribution in [1.29, 1.82) is 0 Å². The van der Waals surface area contributed by atoms with E-state index in [-0.39, 0.29) is 0 Å². The topological polar surface area (TPSA) is 63.8 Å². The van der Waals surface area contributed by atoms with E-state index in [2.05, 4.69) is 46.5 Å². The predicted molar refractivity (Wildman–Crippen MR) is 86.4 cm³/mol. The van der Waals surface area contributed by atoms with Crippen molar-refractivity contribution in [2.24, 2.45) is 0 Å². The smallest absolute Gasteiger partial charge is 0.136 e. The van der Waals surface area contributed by atoms with Crippen LogP contribution in [0.2, 0.25) is 0 Å². The van der Waals surface area contributed by atoms with Crippen LogP contribution in [-0.4, -0.2) is 16.0 Å². The molecule has 1 atom stereocenters. The summed E-state index contributed by atoms with van der Waals surface area (Å²) >= 11 is 0. The normalized spacial score (nSPS) is 15.7. The van der Waals surface area contributed by atoms with Gasteiger partial charge in [-0.05, 0) is 38.7 Å². The second kappa shape index (κ2) is 5.72. The van der Waals surface area contributed by atoms with E-state index >= 15 is 0 Å². The summed E-state index contributed by atoms with van der Waals surface area (Å²) in [6.07, 6.45) is 3.33. The van der Waals surface area contributed by atoms with Crippen LogP contribution in [0.4, 0.5) is 11.6 Å². The molecule has 1 aliphatic rings. The molecule has 4 heteroatoms. The molecule has 0 amide bonds. The highest BCUT2D eigenvalue weighted by molar-refractivity contribution is 5.55. The molecule has 1 aromatic carbocycles. The Balaban J connectivity index is 1.74. The number of nitrogen functional groups attached to an aromatic ring is 1. The van der Waals surface area contributed by atoms with Crippen molar-refractivity contribution in [3.05, 3.63) is 47.3 Å². The number of aromatic nitrogens is 2. The Hall–Kier alpha value is -2.10. The Morgan fingerprint density at radius 1 is 1.24 bits per heavy atom. The average Bonchev–Trinajstić information content (AvgIpc) is 3.29. The number of anilines is 2. The third-order valence-corrected chi connectivity index (χ3v) is 3.91. The van der Waals surface area contributed by atoms with Crippen LogP contribution in [0.25, 0.3) is 0 Å². The fourth-order valence-corrected chi connectivity index (χ4v) is 2.47. The van der Waals surface area contributed by atoms with Crippen LogP contribution in [-0.2, 0) is 6.42 Å². The molecule has 0 spiro atoms. The third-order valence-electron chi connectivity index (χ3n) is 3.91. The van der Waals surface area contributed by atoms with Crippen LogP contribution in [0, 0.1) is 6.92 Å². The maximum atomic E-state index is 6.02. The van der Waals surface area contributed by atoms with Gasteiger partial charge in [0.25, 0.3) is 0 Å². The second-order valence-corrected chi connectivity index (χ2v) is 5.95. The summed E-state index contributed by atoms with van der Waals surface area (Å²) in [5.41, 5.74) is 8.29. The van der Waals surface area contributed by atoms with E-state index in [1.54, 1.807) is 0 Å². The fourth-order valence-electron chi connectivity index (χ4n) is 2.47. The minimum absolute atomic E-state index is 0.299. The van der Waals surface area contributed by atoms with Gasteiger partial charge in [0.05, 0.1) is 0 Å². The number of rotatable bonds is 5. The third kappa shape index (κ3) is 3.32. The van der Waals surface area contributed by atoms with Crippen molar-refractivity contribution in [2.45, 2.75) is 45.1 Å². The lowest BCUT2D eigenvalue weighted by atomic mass is 10.1. The highest BCUT2D eigenvalue weighted by Gasteiger charge is 2.28. The van der Waals surface area contributed by atoms with Crippen molar-refractivity contribution in [3.63, 3.8) is 0 Å². The Kier molecular flexibility index (Phi) is 3.78. The van der Waals surface area contributed by atoms with Gasteiger partial charge in [0, 0.05) is 17.5 Å². The monoisotopic (exact) mass is 282 g/mol. The molecule has 1 saturated carbocycles. The lowest BCUT2D eigenvalue weighted by molar-refractivity contribution is 0.777. The van der Waals surface area contributed by atoms with Gasteiger partial charge < -0.3 is 11.1 Å². The van der Waals surface area contributed by atoms with Crippen LogP contribution in [0.15, 0.2) is 30.3 Å². The van der Waals surface area contributed by atoms with Gasteiger partial charge in [0.2, 0.25) is 0 Å². The maximum absolute atomic E-state index is 6.02. The first kappa shape index (κ1) is 13.9. The molecule has 0 aliphatic heterocycles. The van der Waals surface area contributed by atoms with Gasteiger partial charge in [-0.3, -0.25) is 0 Å². The van der Waals surface area contributed by atoms with Crippen molar-refractivity contribution in [1.82, 2.24) is 9.97 Å². The van der Waals surface area contributed by atoms with Gasteiger partial charge in [0.15, 0.2) is 0 Å². The van der Waals surface area contributed by atoms with E-state index < -0.39 is 0 Å². The summed E-state index contributed by atoms with van der Waals surface area (Å²) in [4.78, 5) is 9.09. The average molecular weight is 282 g/mol. The summed E-state index contributed by atoms with van der Waals surface area (Å²) < 4.78 is 0. The maximum Gasteiger partial charge on any atom is 0.136 e. The van der Waals surface area contributed by atoms with Gasteiger partial charge in [-0.15, -0.1) is 0 Å². The molecular formula is C17H22N4. The Morgan fingerprint density at radius 3 is 2.62 bits per heavy atom. The zero-order valence-electron chi connectivity index (χ0n) is 12.6. The van der Waals surface area contributed by atoms with E-state index in [0.29, 0.717) is 17.8 Å². The Morgan fingerprint density at radius 2 is 1.95 bits per heavy atom. The summed E-state index contributed by atoms with van der Waals surface area (Å²) in [6, 6.07) is 10.8. The molecule has 1 unspecified atom stereocenters. The second-order valence-electron chi connectivity index (χ2n) is 5.95. The molecule has 2 aromatic rings. The van der Waals surface area contributed by atoms with Gasteiger partial charge in [-0.25, -0.2) is 9.97 Å². The predicted octanol–water partition coefficient (Wildman–Crippen LogP) is 3.29. The molecule has 110 valence electrons. The molecule has 0 radical (unpaired) electrons. The van der Waals surface area contributed by atoms with Gasteiger partial charge in [0.1, 0.15) is 17.5 Å². The largest absolute Gasteiger partial charge is 0.383 e. The van der Waals surface area contributed by atoms with Gasteiger partial charge in [-0.1, -0.05) is 30.3 Å². The van der Waals surface area contributed by atoms with Crippen LogP contribution in [0.5, 0.6) is 0 Å². The summed E-state index contributed by atoms with van der Waals surface area (Å²) in [5, 5.41) is 3.49. The fraction of sp³-hybridized carbons (Fsp3) is 0.412. The molecule has 1 fully saturated rings. The Labute approximate surface area is 125 Å². The number of benzene rings is 1. The van der Waals surface area contributed by atoms with E-state index in [4.69, 9.17) is 5.73 Å².